The molecule has 11 heteroatoms. The summed E-state index contributed by atoms with van der Waals surface area (Å²) in [7, 11) is -1.06. The highest BCUT2D eigenvalue weighted by atomic mass is 32.2. The minimum atomic E-state index is -3.98. The van der Waals surface area contributed by atoms with Crippen LogP contribution < -0.4 is 18.9 Å². The third-order valence-corrected chi connectivity index (χ3v) is 8.16. The summed E-state index contributed by atoms with van der Waals surface area (Å²) in [6.45, 7) is 0.0576. The molecule has 0 saturated heterocycles. The van der Waals surface area contributed by atoms with Crippen LogP contribution in [0.2, 0.25) is 0 Å². The first kappa shape index (κ1) is 30.1. The maximum absolute atomic E-state index is 13.4. The number of ether oxygens (including phenoxy) is 4. The standard InChI is InChI=1S/C33H27NO9S/c1-40-24-12-13-27(28(17-24)32(35)34-19-44(38,39)25-9-4-3-5-10-25)26-11-7-6-8-21(26)14-23(33(36)37)15-22-16-30-31(43-20-42-30)18-29(22)41-2/h3-14,16-19H,15,20H2,1-2H3,(H,36,37). The van der Waals surface area contributed by atoms with Gasteiger partial charge in [-0.25, -0.2) is 18.2 Å². The summed E-state index contributed by atoms with van der Waals surface area (Å²) in [6.07, 6.45) is 1.52. The van der Waals surface area contributed by atoms with Crippen molar-refractivity contribution in [3.63, 3.8) is 0 Å². The van der Waals surface area contributed by atoms with Crippen LogP contribution in [0.15, 0.2) is 100 Å². The van der Waals surface area contributed by atoms with Gasteiger partial charge < -0.3 is 24.1 Å². The van der Waals surface area contributed by atoms with Gasteiger partial charge in [-0.15, -0.1) is 0 Å². The molecule has 0 saturated carbocycles. The smallest absolute Gasteiger partial charge is 0.331 e. The highest BCUT2D eigenvalue weighted by molar-refractivity contribution is 8.04. The van der Waals surface area contributed by atoms with Gasteiger partial charge >= 0.3 is 5.97 Å². The number of methoxy groups -OCH3 is 2. The Balaban J connectivity index is 1.55. The van der Waals surface area contributed by atoms with Crippen molar-refractivity contribution in [2.75, 3.05) is 21.0 Å². The minimum absolute atomic E-state index is 0.000476. The van der Waals surface area contributed by atoms with E-state index in [1.807, 2.05) is 0 Å². The van der Waals surface area contributed by atoms with Gasteiger partial charge in [0.05, 0.1) is 24.7 Å². The molecule has 0 bridgehead atoms. The topological polar surface area (TPSA) is 138 Å². The summed E-state index contributed by atoms with van der Waals surface area (Å²) < 4.78 is 47.1. The Morgan fingerprint density at radius 2 is 1.59 bits per heavy atom. The Kier molecular flexibility index (Phi) is 8.77. The number of aliphatic carboxylic acids is 1. The van der Waals surface area contributed by atoms with Crippen LogP contribution in [0.1, 0.15) is 21.5 Å². The van der Waals surface area contributed by atoms with Crippen molar-refractivity contribution in [3.8, 4) is 34.1 Å². The van der Waals surface area contributed by atoms with Gasteiger partial charge in [-0.2, -0.15) is 0 Å². The lowest BCUT2D eigenvalue weighted by atomic mass is 9.92. The number of hydrogen-bond donors (Lipinski definition) is 1. The molecule has 4 aromatic carbocycles. The van der Waals surface area contributed by atoms with Gasteiger partial charge in [0.15, 0.2) is 11.5 Å². The van der Waals surface area contributed by atoms with Crippen molar-refractivity contribution in [1.29, 1.82) is 0 Å². The van der Waals surface area contributed by atoms with Gasteiger partial charge in [0.25, 0.3) is 5.91 Å². The molecule has 1 amide bonds. The molecule has 0 unspecified atom stereocenters. The Bertz CT molecular complexity index is 1900. The molecule has 1 N–H and O–H groups in total. The molecule has 0 spiro atoms. The number of nitrogens with zero attached hydrogens (tertiary/aromatic N) is 1. The zero-order valence-electron chi connectivity index (χ0n) is 23.7. The van der Waals surface area contributed by atoms with E-state index < -0.39 is 21.7 Å². The normalized spacial score (nSPS) is 12.7. The molecule has 4 aromatic rings. The summed E-state index contributed by atoms with van der Waals surface area (Å²) in [4.78, 5) is 29.6. The SMILES string of the molecule is COc1ccc(-c2ccccc2C=C(Cc2cc3c(cc2OC)OCO3)C(=O)O)c(C(=O)N=CS(=O)(=O)c2ccccc2)c1. The van der Waals surface area contributed by atoms with Gasteiger partial charge in [-0.1, -0.05) is 42.5 Å². The van der Waals surface area contributed by atoms with Crippen LogP contribution >= 0.6 is 0 Å². The predicted molar refractivity (Wildman–Crippen MR) is 163 cm³/mol. The molecule has 224 valence electrons. The maximum Gasteiger partial charge on any atom is 0.331 e. The molecular weight excluding hydrogens is 586 g/mol. The molecule has 1 aliphatic heterocycles. The van der Waals surface area contributed by atoms with Gasteiger partial charge in [0.2, 0.25) is 16.6 Å². The van der Waals surface area contributed by atoms with Crippen molar-refractivity contribution in [2.45, 2.75) is 11.3 Å². The highest BCUT2D eigenvalue weighted by Gasteiger charge is 2.22. The quantitative estimate of drug-likeness (QED) is 0.141. The zero-order chi connectivity index (χ0) is 31.3. The molecule has 0 aliphatic carbocycles. The van der Waals surface area contributed by atoms with Crippen LogP contribution in [-0.2, 0) is 21.1 Å². The maximum atomic E-state index is 13.4. The Morgan fingerprint density at radius 3 is 2.30 bits per heavy atom. The van der Waals surface area contributed by atoms with Crippen LogP contribution in [0.3, 0.4) is 0 Å². The summed E-state index contributed by atoms with van der Waals surface area (Å²) in [5.41, 5.74) is 2.75. The lowest BCUT2D eigenvalue weighted by Crippen LogP contribution is -2.07. The lowest BCUT2D eigenvalue weighted by Gasteiger charge is -2.14. The summed E-state index contributed by atoms with van der Waals surface area (Å²) >= 11 is 0. The van der Waals surface area contributed by atoms with Crippen LogP contribution in [0.5, 0.6) is 23.0 Å². The van der Waals surface area contributed by atoms with E-state index in [4.69, 9.17) is 18.9 Å². The summed E-state index contributed by atoms with van der Waals surface area (Å²) in [5.74, 6) is -0.176. The number of rotatable bonds is 10. The van der Waals surface area contributed by atoms with E-state index in [9.17, 15) is 23.1 Å². The second-order valence-electron chi connectivity index (χ2n) is 9.57. The molecular formula is C33H27NO9S. The number of fused-ring (bicyclic) bond motifs is 1. The molecule has 10 nitrogen and oxygen atoms in total. The van der Waals surface area contributed by atoms with E-state index in [-0.39, 0.29) is 29.2 Å². The molecule has 0 aromatic heterocycles. The first-order valence-electron chi connectivity index (χ1n) is 13.3. The number of carbonyl (C=O) groups excluding carboxylic acids is 1. The summed E-state index contributed by atoms with van der Waals surface area (Å²) in [6, 6.07) is 22.7. The van der Waals surface area contributed by atoms with Crippen molar-refractivity contribution in [3.05, 3.63) is 107 Å². The number of hydrogen-bond acceptors (Lipinski definition) is 8. The van der Waals surface area contributed by atoms with E-state index in [0.717, 1.165) is 0 Å². The van der Waals surface area contributed by atoms with Crippen LogP contribution in [0.25, 0.3) is 17.2 Å². The Hall–Kier alpha value is -5.42. The van der Waals surface area contributed by atoms with Crippen molar-refractivity contribution in [2.24, 2.45) is 4.99 Å². The van der Waals surface area contributed by atoms with E-state index in [2.05, 4.69) is 4.99 Å². The average Bonchev–Trinajstić information content (AvgIpc) is 3.50. The van der Waals surface area contributed by atoms with Gasteiger partial charge in [-0.3, -0.25) is 4.79 Å². The van der Waals surface area contributed by atoms with Crippen molar-refractivity contribution >= 4 is 33.3 Å². The molecule has 44 heavy (non-hydrogen) atoms. The number of carbonyl (C=O) groups is 2. The molecule has 5 rings (SSSR count). The third-order valence-electron chi connectivity index (χ3n) is 6.85. The van der Waals surface area contributed by atoms with Crippen molar-refractivity contribution < 1.29 is 42.1 Å². The van der Waals surface area contributed by atoms with E-state index in [0.29, 0.717) is 50.8 Å². The molecule has 1 heterocycles. The Labute approximate surface area is 253 Å². The number of amides is 1. The number of aliphatic imine (C=N–C) groups is 1. The van der Waals surface area contributed by atoms with E-state index in [1.54, 1.807) is 66.7 Å². The minimum Gasteiger partial charge on any atom is -0.497 e. The molecule has 0 fully saturated rings. The molecule has 1 aliphatic rings. The largest absolute Gasteiger partial charge is 0.497 e. The molecule has 0 radical (unpaired) electrons. The first-order chi connectivity index (χ1) is 21.2. The lowest BCUT2D eigenvalue weighted by molar-refractivity contribution is -0.132. The fraction of sp³-hybridized carbons (Fsp3) is 0.121. The number of carboxylic acid groups (broad SMARTS) is 1. The second kappa shape index (κ2) is 12.8. The fourth-order valence-electron chi connectivity index (χ4n) is 4.66. The van der Waals surface area contributed by atoms with Crippen molar-refractivity contribution in [1.82, 2.24) is 0 Å². The van der Waals surface area contributed by atoms with Crippen LogP contribution in [0.4, 0.5) is 0 Å². The fourth-order valence-corrected chi connectivity index (χ4v) is 5.56. The van der Waals surface area contributed by atoms with E-state index >= 15 is 0 Å². The highest BCUT2D eigenvalue weighted by Crippen LogP contribution is 2.39. The Morgan fingerprint density at radius 1 is 0.886 bits per heavy atom. The van der Waals surface area contributed by atoms with Crippen LogP contribution in [-0.4, -0.2) is 52.0 Å². The van der Waals surface area contributed by atoms with Gasteiger partial charge in [-0.05, 0) is 59.2 Å². The second-order valence-corrected chi connectivity index (χ2v) is 11.3. The predicted octanol–water partition coefficient (Wildman–Crippen LogP) is 5.45. The average molecular weight is 614 g/mol. The van der Waals surface area contributed by atoms with Gasteiger partial charge in [0, 0.05) is 23.6 Å². The first-order valence-corrected chi connectivity index (χ1v) is 14.8. The molecule has 0 atom stereocenters. The number of carboxylic acids is 1. The van der Waals surface area contributed by atoms with Gasteiger partial charge in [0.1, 0.15) is 17.0 Å². The number of benzene rings is 4. The third kappa shape index (κ3) is 6.47. The monoisotopic (exact) mass is 613 g/mol. The zero-order valence-corrected chi connectivity index (χ0v) is 24.5. The number of sulfone groups is 1. The van der Waals surface area contributed by atoms with Crippen LogP contribution in [0, 0.1) is 0 Å². The van der Waals surface area contributed by atoms with E-state index in [1.165, 1.54) is 38.5 Å². The summed E-state index contributed by atoms with van der Waals surface area (Å²) in [5, 5.41) is 10.2.